The number of hydrogen-bond acceptors (Lipinski definition) is 42. The molecule has 0 aliphatic carbocycles. The van der Waals surface area contributed by atoms with Gasteiger partial charge in [0, 0.05) is 27.7 Å². The normalized spacial score (nSPS) is 46.1. The van der Waals surface area contributed by atoms with Crippen molar-refractivity contribution in [3.63, 3.8) is 0 Å². The Bertz CT molecular complexity index is 2980. The number of aliphatic hydroxyl groups is 20. The van der Waals surface area contributed by atoms with Gasteiger partial charge in [0.05, 0.1) is 73.5 Å². The highest BCUT2D eigenvalue weighted by Gasteiger charge is 2.60. The molecular formula is C61H107N5O43P+. The quantitative estimate of drug-likeness (QED) is 0.0226. The number of likely N-dealkylation sites (N-methyl/N-ethyl adjacent to an activating group) is 1. The fourth-order valence-corrected chi connectivity index (χ4v) is 14.2. The van der Waals surface area contributed by atoms with E-state index in [1.165, 1.54) is 6.92 Å². The van der Waals surface area contributed by atoms with Gasteiger partial charge in [-0.05, 0) is 6.92 Å². The molecule has 1 unspecified atom stereocenters. The number of carbonyl (C=O) groups excluding carboxylic acids is 4. The summed E-state index contributed by atoms with van der Waals surface area (Å²) in [5, 5.41) is 234. The van der Waals surface area contributed by atoms with E-state index in [1.807, 2.05) is 0 Å². The molecule has 8 rings (SSSR count). The molecule has 0 radical (unpaired) electrons. The van der Waals surface area contributed by atoms with Crippen LogP contribution in [0.4, 0.5) is 0 Å². The predicted molar refractivity (Wildman–Crippen MR) is 347 cm³/mol. The van der Waals surface area contributed by atoms with E-state index in [9.17, 15) is 131 Å². The van der Waals surface area contributed by atoms with Gasteiger partial charge in [-0.3, -0.25) is 28.2 Å². The Morgan fingerprint density at radius 3 is 1.20 bits per heavy atom. The van der Waals surface area contributed by atoms with Gasteiger partial charge in [-0.25, -0.2) is 4.57 Å². The fraction of sp³-hybridized carbons (Fsp3) is 0.934. The number of quaternary nitrogens is 1. The Morgan fingerprint density at radius 2 is 0.709 bits per heavy atom. The molecule has 8 heterocycles. The number of aliphatic hydroxyl groups excluding tert-OH is 20. The molecule has 8 saturated heterocycles. The molecule has 0 saturated carbocycles. The molecule has 48 nitrogen and oxygen atoms in total. The second kappa shape index (κ2) is 39.7. The molecule has 8 aliphatic rings. The first kappa shape index (κ1) is 92.1. The summed E-state index contributed by atoms with van der Waals surface area (Å²) in [4.78, 5) is 61.5. The number of amides is 4. The van der Waals surface area contributed by atoms with Crippen molar-refractivity contribution in [2.75, 3.05) is 80.5 Å². The van der Waals surface area contributed by atoms with Crippen LogP contribution < -0.4 is 21.3 Å². The number of rotatable bonds is 31. The number of nitrogens with one attached hydrogen (secondary N) is 4. The van der Waals surface area contributed by atoms with Gasteiger partial charge in [0.25, 0.3) is 0 Å². The zero-order valence-electron chi connectivity index (χ0n) is 60.7. The van der Waals surface area contributed by atoms with Crippen molar-refractivity contribution in [2.24, 2.45) is 0 Å². The lowest BCUT2D eigenvalue weighted by Crippen LogP contribution is -2.71. The number of phosphoric acid groups is 1. The minimum atomic E-state index is -4.90. The van der Waals surface area contributed by atoms with Gasteiger partial charge in [0.2, 0.25) is 23.6 Å². The van der Waals surface area contributed by atoms with Crippen molar-refractivity contribution in [3.8, 4) is 0 Å². The maximum Gasteiger partial charge on any atom is 0.472 e. The minimum absolute atomic E-state index is 0.233. The molecule has 4 amide bonds. The lowest BCUT2D eigenvalue weighted by atomic mass is 9.93. The Morgan fingerprint density at radius 1 is 0.345 bits per heavy atom. The van der Waals surface area contributed by atoms with E-state index in [0.29, 0.717) is 4.48 Å². The van der Waals surface area contributed by atoms with Crippen LogP contribution in [0.3, 0.4) is 0 Å². The first-order valence-corrected chi connectivity index (χ1v) is 36.6. The van der Waals surface area contributed by atoms with E-state index >= 15 is 0 Å². The van der Waals surface area contributed by atoms with Crippen molar-refractivity contribution in [1.29, 1.82) is 0 Å². The summed E-state index contributed by atoms with van der Waals surface area (Å²) in [5.74, 6) is -3.56. The maximum atomic E-state index is 13.1. The molecule has 110 heavy (non-hydrogen) atoms. The van der Waals surface area contributed by atoms with E-state index in [0.717, 1.165) is 27.7 Å². The van der Waals surface area contributed by atoms with Gasteiger partial charge in [-0.2, -0.15) is 0 Å². The van der Waals surface area contributed by atoms with Crippen LogP contribution in [0.15, 0.2) is 0 Å². The van der Waals surface area contributed by atoms with E-state index in [2.05, 4.69) is 21.3 Å². The molecule has 638 valence electrons. The van der Waals surface area contributed by atoms with Gasteiger partial charge < -0.3 is 204 Å². The van der Waals surface area contributed by atoms with Crippen LogP contribution in [0.25, 0.3) is 0 Å². The first-order chi connectivity index (χ1) is 51.5. The van der Waals surface area contributed by atoms with Crippen molar-refractivity contribution in [2.45, 2.75) is 280 Å². The third-order valence-electron chi connectivity index (χ3n) is 19.4. The second-order valence-corrected chi connectivity index (χ2v) is 30.3. The SMILES string of the molecule is CC(=O)N[C@@H]1[C@@H](O)[C@H](O[C@@H]2O[C@H](CO)[C@@H](O[C@@H]3O[C@H](CO[C@H]4O[C@H](CO)[C@@H](O)[C@H](O)[C@@H]4O)[C@@H](O)[C@H](O[C@H]4O[C@H](CO)[C@@H](O)[C@H](O)[C@@H]4O[C@@H]4O[C@H](CO)[C@@H](O[C@@H]5O[C@H](COP(=O)(O)OCC[N+](C)(C)C)[C@H](O)[C@H](O)[C@H]5NC(C)=O)[C@H](O)[C@H]4NC(C)=O)[C@@H]3O)[C@H](O)[C@H]2NC(C)=O)[C@@H](CO[C@@H]2O[C@@H](C)[C@@H](O)[C@@H](O)[C@@H]2O)O[C@H]1O. The van der Waals surface area contributed by atoms with Crippen LogP contribution in [0.5, 0.6) is 0 Å². The van der Waals surface area contributed by atoms with Gasteiger partial charge in [-0.1, -0.05) is 0 Å². The number of hydrogen-bond donors (Lipinski definition) is 25. The molecule has 0 aromatic carbocycles. The van der Waals surface area contributed by atoms with Crippen LogP contribution in [0.2, 0.25) is 0 Å². The molecule has 0 aromatic heterocycles. The number of phosphoric ester groups is 1. The number of carbonyl (C=O) groups is 4. The van der Waals surface area contributed by atoms with Gasteiger partial charge in [0.15, 0.2) is 50.3 Å². The summed E-state index contributed by atoms with van der Waals surface area (Å²) in [5.41, 5.74) is 0. The molecule has 41 atom stereocenters. The average molecular weight is 1630 g/mol. The molecule has 0 aromatic rings. The molecule has 0 spiro atoms. The summed E-state index contributed by atoms with van der Waals surface area (Å²) < 4.78 is 112. The zero-order chi connectivity index (χ0) is 81.6. The van der Waals surface area contributed by atoms with E-state index in [-0.39, 0.29) is 13.2 Å². The molecule has 8 aliphatic heterocycles. The topological polar surface area (TPSA) is 715 Å². The third kappa shape index (κ3) is 22.2. The maximum absolute atomic E-state index is 13.1. The van der Waals surface area contributed by atoms with E-state index in [4.69, 9.17) is 80.1 Å². The van der Waals surface area contributed by atoms with Crippen LogP contribution in [0.1, 0.15) is 34.6 Å². The van der Waals surface area contributed by atoms with Crippen molar-refractivity contribution in [3.05, 3.63) is 0 Å². The lowest BCUT2D eigenvalue weighted by molar-refractivity contribution is -0.870. The van der Waals surface area contributed by atoms with Crippen molar-refractivity contribution < 1.29 is 215 Å². The number of ether oxygens (including phenoxy) is 15. The van der Waals surface area contributed by atoms with Crippen LogP contribution in [0, 0.1) is 0 Å². The van der Waals surface area contributed by atoms with Crippen LogP contribution in [-0.2, 0) is 104 Å². The number of nitrogens with zero attached hydrogens (tertiary/aromatic N) is 1. The van der Waals surface area contributed by atoms with Crippen LogP contribution >= 0.6 is 7.82 Å². The molecule has 25 N–H and O–H groups in total. The Labute approximate surface area is 627 Å². The van der Waals surface area contributed by atoms with Crippen LogP contribution in [-0.4, -0.2) is 461 Å². The van der Waals surface area contributed by atoms with Gasteiger partial charge in [-0.15, -0.1) is 0 Å². The Balaban J connectivity index is 1.09. The largest absolute Gasteiger partial charge is 0.472 e. The summed E-state index contributed by atoms with van der Waals surface area (Å²) in [6.07, 6.45) is -72.7. The molecule has 8 fully saturated rings. The van der Waals surface area contributed by atoms with Gasteiger partial charge >= 0.3 is 7.82 Å². The first-order valence-electron chi connectivity index (χ1n) is 35.1. The summed E-state index contributed by atoms with van der Waals surface area (Å²) in [6.45, 7) is -2.13. The standard InChI is InChI=1S/C61H106N5O43P/c1-18-34(75)43(84)46(87)58(97-18)94-16-29-51(40(81)30(54(90)98-29)62-19(2)71)106-56-32(64-21(4)73)42(83)50(26(14-70)101-56)107-60-48(89)52(38(79)27(104-60)15-93-59-47(88)44(85)35(76)23(11-67)99-59)108-61-53(45(86)36(77)24(12-68)100-61)109-57-33(65-22(5)74)41(82)49(25(13-69)102-57)105-55-31(63-20(3)72)39(80)37(78)28(103-55)17-96-110(91,92)95-10-9-66(6,7)8/h18,23-61,67-70,75-90H,9-17H2,1-8H3,(H4-,62,63,64,65,71,72,73,74,91,92)/p+1/t18-,23+,24+,25+,26+,27+,28+,29+,30+,31+,32+,33+,34+,35+,36+,37-,38+,39+,40+,41+,42+,43+,44-,45-,46-,47-,48-,49+,50+,51+,52-,53-,54+,55-,56-,57-,58+,59-,60-,61+/m0/s1. The second-order valence-electron chi connectivity index (χ2n) is 28.8. The lowest BCUT2D eigenvalue weighted by Gasteiger charge is -2.51. The van der Waals surface area contributed by atoms with Gasteiger partial charge in [0.1, 0.15) is 202 Å². The van der Waals surface area contributed by atoms with Crippen molar-refractivity contribution >= 4 is 31.5 Å². The highest BCUT2D eigenvalue weighted by atomic mass is 31.2. The fourth-order valence-electron chi connectivity index (χ4n) is 13.4. The molecule has 49 heteroatoms. The minimum Gasteiger partial charge on any atom is -0.394 e. The zero-order valence-corrected chi connectivity index (χ0v) is 61.6. The summed E-state index contributed by atoms with van der Waals surface area (Å²) in [7, 11) is 0.407. The monoisotopic (exact) mass is 1630 g/mol. The summed E-state index contributed by atoms with van der Waals surface area (Å²) in [6, 6.07) is -7.39. The summed E-state index contributed by atoms with van der Waals surface area (Å²) >= 11 is 0. The predicted octanol–water partition coefficient (Wildman–Crippen LogP) is -16.0. The van der Waals surface area contributed by atoms with E-state index in [1.54, 1.807) is 21.1 Å². The molecular weight excluding hydrogens is 1520 g/mol. The average Bonchev–Trinajstić information content (AvgIpc) is 0.765. The van der Waals surface area contributed by atoms with E-state index < -0.39 is 323 Å². The highest BCUT2D eigenvalue weighted by molar-refractivity contribution is 7.47. The van der Waals surface area contributed by atoms with Crippen molar-refractivity contribution in [1.82, 2.24) is 21.3 Å². The highest BCUT2D eigenvalue weighted by Crippen LogP contribution is 2.45. The smallest absolute Gasteiger partial charge is 0.394 e. The Hall–Kier alpha value is -3.45. The molecule has 0 bridgehead atoms. The third-order valence-corrected chi connectivity index (χ3v) is 20.4. The Kier molecular flexibility index (Phi) is 33.2.